The number of anilines is 1. The molecule has 2 heterocycles. The Labute approximate surface area is 169 Å². The second kappa shape index (κ2) is 8.69. The Bertz CT molecular complexity index is 1070. The lowest BCUT2D eigenvalue weighted by Crippen LogP contribution is -2.20. The zero-order chi connectivity index (χ0) is 20.3. The van der Waals surface area contributed by atoms with Gasteiger partial charge in [-0.2, -0.15) is 0 Å². The van der Waals surface area contributed by atoms with Crippen molar-refractivity contribution in [1.29, 1.82) is 0 Å². The minimum atomic E-state index is -0.193. The first-order valence-electron chi connectivity index (χ1n) is 9.79. The summed E-state index contributed by atoms with van der Waals surface area (Å²) in [6.45, 7) is 8.66. The summed E-state index contributed by atoms with van der Waals surface area (Å²) in [6.07, 6.45) is 6.01. The molecule has 0 unspecified atom stereocenters. The number of nitrogens with zero attached hydrogens (tertiary/aromatic N) is 2. The highest BCUT2D eigenvalue weighted by Crippen LogP contribution is 2.28. The van der Waals surface area contributed by atoms with Crippen LogP contribution in [0.4, 0.5) is 5.69 Å². The topological polar surface area (TPSA) is 64.0 Å². The van der Waals surface area contributed by atoms with E-state index in [1.54, 1.807) is 10.9 Å². The summed E-state index contributed by atoms with van der Waals surface area (Å²) in [6, 6.07) is 5.91. The van der Waals surface area contributed by atoms with Crippen LogP contribution in [0.3, 0.4) is 0 Å². The van der Waals surface area contributed by atoms with E-state index in [1.807, 2.05) is 39.0 Å². The van der Waals surface area contributed by atoms with Crippen molar-refractivity contribution in [3.63, 3.8) is 0 Å². The van der Waals surface area contributed by atoms with Gasteiger partial charge in [0, 0.05) is 12.2 Å². The van der Waals surface area contributed by atoms with Crippen molar-refractivity contribution >= 4 is 33.1 Å². The Morgan fingerprint density at radius 2 is 1.96 bits per heavy atom. The zero-order valence-electron chi connectivity index (χ0n) is 17.0. The first-order valence-corrected chi connectivity index (χ1v) is 10.6. The number of fused-ring (bicyclic) bond motifs is 1. The average Bonchev–Trinajstić information content (AvgIpc) is 3.00. The van der Waals surface area contributed by atoms with E-state index >= 15 is 0 Å². The number of aromatic nitrogens is 2. The van der Waals surface area contributed by atoms with E-state index in [4.69, 9.17) is 0 Å². The fourth-order valence-corrected chi connectivity index (χ4v) is 4.41. The summed E-state index contributed by atoms with van der Waals surface area (Å²) >= 11 is 1.28. The molecule has 2 aromatic heterocycles. The van der Waals surface area contributed by atoms with Gasteiger partial charge in [-0.25, -0.2) is 4.98 Å². The molecule has 0 saturated carbocycles. The first kappa shape index (κ1) is 20.3. The number of aryl methyl sites for hydroxylation is 4. The highest BCUT2D eigenvalue weighted by molar-refractivity contribution is 7.20. The largest absolute Gasteiger partial charge is 0.321 e. The number of rotatable bonds is 7. The SMILES string of the molecule is CCCCCCn1cnc2sc(C(=O)Nc3ccc(C)cc3C)c(C)c2c1=O. The highest BCUT2D eigenvalue weighted by Gasteiger charge is 2.20. The molecule has 1 aromatic carbocycles. The molecule has 0 fully saturated rings. The van der Waals surface area contributed by atoms with Crippen LogP contribution >= 0.6 is 11.3 Å². The van der Waals surface area contributed by atoms with Gasteiger partial charge in [-0.15, -0.1) is 11.3 Å². The fraction of sp³-hybridized carbons (Fsp3) is 0.409. The van der Waals surface area contributed by atoms with Crippen LogP contribution in [0.5, 0.6) is 0 Å². The molecule has 0 spiro atoms. The van der Waals surface area contributed by atoms with Crippen LogP contribution in [-0.2, 0) is 6.54 Å². The Balaban J connectivity index is 1.88. The minimum Gasteiger partial charge on any atom is -0.321 e. The average molecular weight is 398 g/mol. The lowest BCUT2D eigenvalue weighted by Gasteiger charge is -2.08. The normalized spacial score (nSPS) is 11.1. The lowest BCUT2D eigenvalue weighted by molar-refractivity contribution is 0.103. The molecular weight excluding hydrogens is 370 g/mol. The van der Waals surface area contributed by atoms with Gasteiger partial charge in [0.15, 0.2) is 0 Å². The molecule has 0 aliphatic heterocycles. The molecule has 3 rings (SSSR count). The van der Waals surface area contributed by atoms with Gasteiger partial charge in [-0.1, -0.05) is 43.9 Å². The van der Waals surface area contributed by atoms with Crippen LogP contribution in [0.15, 0.2) is 29.3 Å². The molecule has 148 valence electrons. The monoisotopic (exact) mass is 397 g/mol. The maximum Gasteiger partial charge on any atom is 0.266 e. The number of benzene rings is 1. The van der Waals surface area contributed by atoms with Crippen LogP contribution in [0, 0.1) is 20.8 Å². The quantitative estimate of drug-likeness (QED) is 0.556. The van der Waals surface area contributed by atoms with Gasteiger partial charge in [0.25, 0.3) is 11.5 Å². The molecular formula is C22H27N3O2S. The number of nitrogens with one attached hydrogen (secondary N) is 1. The third-order valence-corrected chi connectivity index (χ3v) is 6.20. The summed E-state index contributed by atoms with van der Waals surface area (Å²) in [7, 11) is 0. The number of hydrogen-bond acceptors (Lipinski definition) is 4. The summed E-state index contributed by atoms with van der Waals surface area (Å²) in [4.78, 5) is 31.4. The molecule has 28 heavy (non-hydrogen) atoms. The molecule has 6 heteroatoms. The third kappa shape index (κ3) is 4.17. The fourth-order valence-electron chi connectivity index (χ4n) is 3.38. The Hall–Kier alpha value is -2.47. The molecule has 5 nitrogen and oxygen atoms in total. The molecule has 0 radical (unpaired) electrons. The smallest absolute Gasteiger partial charge is 0.266 e. The van der Waals surface area contributed by atoms with Gasteiger partial charge < -0.3 is 5.32 Å². The van der Waals surface area contributed by atoms with Gasteiger partial charge in [0.1, 0.15) is 4.83 Å². The van der Waals surface area contributed by atoms with Crippen molar-refractivity contribution < 1.29 is 4.79 Å². The third-order valence-electron chi connectivity index (χ3n) is 5.01. The van der Waals surface area contributed by atoms with Crippen LogP contribution < -0.4 is 10.9 Å². The predicted molar refractivity (Wildman–Crippen MR) is 117 cm³/mol. The van der Waals surface area contributed by atoms with Crippen LogP contribution in [0.25, 0.3) is 10.2 Å². The second-order valence-electron chi connectivity index (χ2n) is 7.31. The van der Waals surface area contributed by atoms with E-state index in [0.29, 0.717) is 27.2 Å². The Morgan fingerprint density at radius 3 is 2.68 bits per heavy atom. The van der Waals surface area contributed by atoms with E-state index in [-0.39, 0.29) is 11.5 Å². The van der Waals surface area contributed by atoms with Crippen molar-refractivity contribution in [2.75, 3.05) is 5.32 Å². The number of amides is 1. The number of unbranched alkanes of at least 4 members (excludes halogenated alkanes) is 3. The highest BCUT2D eigenvalue weighted by atomic mass is 32.1. The number of thiophene rings is 1. The molecule has 0 atom stereocenters. The van der Waals surface area contributed by atoms with E-state index in [2.05, 4.69) is 17.2 Å². The lowest BCUT2D eigenvalue weighted by atomic mass is 10.1. The molecule has 0 aliphatic carbocycles. The molecule has 0 aliphatic rings. The predicted octanol–water partition coefficient (Wildman–Crippen LogP) is 5.22. The maximum absolute atomic E-state index is 12.9. The Morgan fingerprint density at radius 1 is 1.18 bits per heavy atom. The number of carbonyl (C=O) groups is 1. The van der Waals surface area contributed by atoms with Gasteiger partial charge in [0.2, 0.25) is 0 Å². The minimum absolute atomic E-state index is 0.0548. The standard InChI is InChI=1S/C22H27N3O2S/c1-5-6-7-8-11-25-13-23-21-18(22(25)27)16(4)19(28-21)20(26)24-17-10-9-14(2)12-15(17)3/h9-10,12-13H,5-8,11H2,1-4H3,(H,24,26). The number of hydrogen-bond donors (Lipinski definition) is 1. The molecule has 1 amide bonds. The summed E-state index contributed by atoms with van der Waals surface area (Å²) in [5, 5.41) is 3.54. The van der Waals surface area contributed by atoms with Crippen molar-refractivity contribution in [2.45, 2.75) is 59.9 Å². The molecule has 0 bridgehead atoms. The molecule has 0 saturated heterocycles. The summed E-state index contributed by atoms with van der Waals surface area (Å²) in [5.74, 6) is -0.193. The van der Waals surface area contributed by atoms with E-state index in [0.717, 1.165) is 36.1 Å². The maximum atomic E-state index is 12.9. The van der Waals surface area contributed by atoms with E-state index in [9.17, 15) is 9.59 Å². The second-order valence-corrected chi connectivity index (χ2v) is 8.31. The van der Waals surface area contributed by atoms with Crippen molar-refractivity contribution in [2.24, 2.45) is 0 Å². The molecule has 1 N–H and O–H groups in total. The number of carbonyl (C=O) groups excluding carboxylic acids is 1. The van der Waals surface area contributed by atoms with Crippen molar-refractivity contribution in [3.8, 4) is 0 Å². The van der Waals surface area contributed by atoms with E-state index in [1.165, 1.54) is 17.8 Å². The van der Waals surface area contributed by atoms with E-state index < -0.39 is 0 Å². The Kier molecular flexibility index (Phi) is 6.29. The summed E-state index contributed by atoms with van der Waals surface area (Å²) in [5.41, 5.74) is 3.61. The van der Waals surface area contributed by atoms with Gasteiger partial charge in [-0.05, 0) is 44.4 Å². The van der Waals surface area contributed by atoms with Gasteiger partial charge >= 0.3 is 0 Å². The molecule has 3 aromatic rings. The van der Waals surface area contributed by atoms with Crippen molar-refractivity contribution in [3.05, 3.63) is 56.4 Å². The van der Waals surface area contributed by atoms with Gasteiger partial charge in [0.05, 0.1) is 16.6 Å². The van der Waals surface area contributed by atoms with Crippen LogP contribution in [0.2, 0.25) is 0 Å². The van der Waals surface area contributed by atoms with Crippen LogP contribution in [-0.4, -0.2) is 15.5 Å². The summed E-state index contributed by atoms with van der Waals surface area (Å²) < 4.78 is 1.67. The first-order chi connectivity index (χ1) is 13.4. The van der Waals surface area contributed by atoms with Crippen molar-refractivity contribution in [1.82, 2.24) is 9.55 Å². The van der Waals surface area contributed by atoms with Crippen LogP contribution in [0.1, 0.15) is 59.0 Å². The zero-order valence-corrected chi connectivity index (χ0v) is 17.8. The van der Waals surface area contributed by atoms with Gasteiger partial charge in [-0.3, -0.25) is 14.2 Å².